The second-order valence-corrected chi connectivity index (χ2v) is 8.90. The SMILES string of the molecule is C=CC(=O)N1CCCC1c1nc(-c2ccc(C(=O)Nc3cc(C(F)(F)F)ccn3)cc2)c2c(C)nccn12. The molecule has 1 aliphatic heterocycles. The number of hydrogen-bond acceptors (Lipinski definition) is 5. The summed E-state index contributed by atoms with van der Waals surface area (Å²) >= 11 is 0. The van der Waals surface area contributed by atoms with E-state index in [2.05, 4.69) is 21.9 Å². The van der Waals surface area contributed by atoms with Gasteiger partial charge in [-0.1, -0.05) is 18.7 Å². The molecular weight excluding hydrogens is 497 g/mol. The highest BCUT2D eigenvalue weighted by Crippen LogP contribution is 2.36. The fraction of sp³-hybridized carbons (Fsp3) is 0.222. The van der Waals surface area contributed by atoms with E-state index in [0.29, 0.717) is 18.1 Å². The Bertz CT molecular complexity index is 1540. The number of anilines is 1. The molecule has 1 aromatic carbocycles. The Balaban J connectivity index is 1.46. The van der Waals surface area contributed by atoms with E-state index in [-0.39, 0.29) is 23.3 Å². The van der Waals surface area contributed by atoms with Crippen molar-refractivity contribution >= 4 is 23.1 Å². The predicted octanol–water partition coefficient (Wildman–Crippen LogP) is 5.22. The average molecular weight is 521 g/mol. The Labute approximate surface area is 215 Å². The van der Waals surface area contributed by atoms with E-state index in [4.69, 9.17) is 4.98 Å². The molecule has 3 aromatic heterocycles. The van der Waals surface area contributed by atoms with Crippen LogP contribution in [0.1, 0.15) is 46.3 Å². The molecule has 1 atom stereocenters. The fourth-order valence-corrected chi connectivity index (χ4v) is 4.72. The van der Waals surface area contributed by atoms with Gasteiger partial charge in [0.2, 0.25) is 5.91 Å². The molecule has 2 amide bonds. The van der Waals surface area contributed by atoms with Crippen LogP contribution in [-0.2, 0) is 11.0 Å². The number of pyridine rings is 1. The van der Waals surface area contributed by atoms with Gasteiger partial charge in [0.1, 0.15) is 11.6 Å². The maximum atomic E-state index is 13.0. The number of rotatable bonds is 5. The van der Waals surface area contributed by atoms with Gasteiger partial charge in [0, 0.05) is 36.3 Å². The van der Waals surface area contributed by atoms with Crippen molar-refractivity contribution in [3.63, 3.8) is 0 Å². The number of hydrogen-bond donors (Lipinski definition) is 1. The van der Waals surface area contributed by atoms with E-state index in [0.717, 1.165) is 47.9 Å². The average Bonchev–Trinajstić information content (AvgIpc) is 3.54. The summed E-state index contributed by atoms with van der Waals surface area (Å²) in [4.78, 5) is 40.0. The minimum Gasteiger partial charge on any atom is -0.329 e. The molecule has 8 nitrogen and oxygen atoms in total. The van der Waals surface area contributed by atoms with E-state index in [1.54, 1.807) is 35.4 Å². The molecule has 1 N–H and O–H groups in total. The highest BCUT2D eigenvalue weighted by Gasteiger charge is 2.33. The molecule has 1 fully saturated rings. The molecule has 38 heavy (non-hydrogen) atoms. The number of fused-ring (bicyclic) bond motifs is 1. The van der Waals surface area contributed by atoms with Gasteiger partial charge in [-0.15, -0.1) is 0 Å². The van der Waals surface area contributed by atoms with Crippen molar-refractivity contribution in [2.75, 3.05) is 11.9 Å². The number of carbonyl (C=O) groups excluding carboxylic acids is 2. The van der Waals surface area contributed by atoms with Gasteiger partial charge in [-0.3, -0.25) is 19.0 Å². The summed E-state index contributed by atoms with van der Waals surface area (Å²) < 4.78 is 40.9. The van der Waals surface area contributed by atoms with Crippen molar-refractivity contribution < 1.29 is 22.8 Å². The van der Waals surface area contributed by atoms with Crippen LogP contribution in [0.5, 0.6) is 0 Å². The fourth-order valence-electron chi connectivity index (χ4n) is 4.72. The third-order valence-electron chi connectivity index (χ3n) is 6.52. The lowest BCUT2D eigenvalue weighted by atomic mass is 10.1. The molecule has 0 aliphatic carbocycles. The third kappa shape index (κ3) is 4.62. The Kier molecular flexibility index (Phi) is 6.43. The van der Waals surface area contributed by atoms with Crippen molar-refractivity contribution in [2.24, 2.45) is 0 Å². The first-order chi connectivity index (χ1) is 18.2. The van der Waals surface area contributed by atoms with Crippen LogP contribution in [0, 0.1) is 6.92 Å². The van der Waals surface area contributed by atoms with Crippen LogP contribution >= 0.6 is 0 Å². The largest absolute Gasteiger partial charge is 0.416 e. The second kappa shape index (κ2) is 9.73. The quantitative estimate of drug-likeness (QED) is 0.364. The van der Waals surface area contributed by atoms with Gasteiger partial charge < -0.3 is 10.2 Å². The summed E-state index contributed by atoms with van der Waals surface area (Å²) in [5.41, 5.74) is 2.24. The number of nitrogens with one attached hydrogen (secondary N) is 1. The van der Waals surface area contributed by atoms with E-state index < -0.39 is 17.6 Å². The zero-order valence-corrected chi connectivity index (χ0v) is 20.4. The van der Waals surface area contributed by atoms with Crippen LogP contribution in [0.25, 0.3) is 16.8 Å². The maximum absolute atomic E-state index is 13.0. The van der Waals surface area contributed by atoms with Crippen LogP contribution in [0.4, 0.5) is 19.0 Å². The van der Waals surface area contributed by atoms with Crippen LogP contribution < -0.4 is 5.32 Å². The number of aryl methyl sites for hydroxylation is 1. The lowest BCUT2D eigenvalue weighted by molar-refractivity contribution is -0.137. The van der Waals surface area contributed by atoms with Gasteiger partial charge in [-0.05, 0) is 50.1 Å². The Morgan fingerprint density at radius 1 is 1.13 bits per heavy atom. The smallest absolute Gasteiger partial charge is 0.329 e. The maximum Gasteiger partial charge on any atom is 0.416 e. The second-order valence-electron chi connectivity index (χ2n) is 8.90. The molecule has 0 radical (unpaired) electrons. The first-order valence-electron chi connectivity index (χ1n) is 11.9. The molecule has 4 heterocycles. The highest BCUT2D eigenvalue weighted by atomic mass is 19.4. The lowest BCUT2D eigenvalue weighted by Gasteiger charge is -2.22. The van der Waals surface area contributed by atoms with E-state index >= 15 is 0 Å². The summed E-state index contributed by atoms with van der Waals surface area (Å²) in [5.74, 6) is -0.232. The van der Waals surface area contributed by atoms with Crippen LogP contribution in [0.15, 0.2) is 67.6 Å². The zero-order valence-electron chi connectivity index (χ0n) is 20.4. The molecule has 0 bridgehead atoms. The Morgan fingerprint density at radius 2 is 1.89 bits per heavy atom. The van der Waals surface area contributed by atoms with Gasteiger partial charge >= 0.3 is 6.18 Å². The normalized spacial score (nSPS) is 15.6. The first kappa shape index (κ1) is 25.1. The van der Waals surface area contributed by atoms with Crippen molar-refractivity contribution in [1.82, 2.24) is 24.3 Å². The van der Waals surface area contributed by atoms with E-state index in [1.165, 1.54) is 6.08 Å². The topological polar surface area (TPSA) is 92.5 Å². The molecule has 194 valence electrons. The van der Waals surface area contributed by atoms with Crippen molar-refractivity contribution in [1.29, 1.82) is 0 Å². The molecule has 5 rings (SSSR count). The highest BCUT2D eigenvalue weighted by molar-refractivity contribution is 6.04. The first-order valence-corrected chi connectivity index (χ1v) is 11.9. The molecular formula is C27H23F3N6O2. The minimum atomic E-state index is -4.54. The van der Waals surface area contributed by atoms with Gasteiger partial charge in [-0.25, -0.2) is 9.97 Å². The summed E-state index contributed by atoms with van der Waals surface area (Å²) in [6, 6.07) is 7.97. The number of carbonyl (C=O) groups is 2. The number of amides is 2. The van der Waals surface area contributed by atoms with E-state index in [9.17, 15) is 22.8 Å². The van der Waals surface area contributed by atoms with Crippen LogP contribution in [-0.4, -0.2) is 42.6 Å². The summed E-state index contributed by atoms with van der Waals surface area (Å²) in [6.45, 7) is 6.10. The van der Waals surface area contributed by atoms with Crippen molar-refractivity contribution in [3.8, 4) is 11.3 Å². The predicted molar refractivity (Wildman–Crippen MR) is 134 cm³/mol. The molecule has 0 spiro atoms. The number of aromatic nitrogens is 4. The minimum absolute atomic E-state index is 0.151. The number of halogens is 3. The van der Waals surface area contributed by atoms with Gasteiger partial charge in [0.15, 0.2) is 0 Å². The summed E-state index contributed by atoms with van der Waals surface area (Å²) in [5, 5.41) is 2.41. The standard InChI is InChI=1S/C27H23F3N6O2/c1-3-22(37)35-13-4-5-20(35)25-34-23(24-16(2)31-12-14-36(24)25)17-6-8-18(9-7-17)26(38)33-21-15-19(10-11-32-21)27(28,29)30/h3,6-12,14-15,20H,1,4-5,13H2,2H3,(H,32,33,38). The zero-order chi connectivity index (χ0) is 27.0. The van der Waals surface area contributed by atoms with Gasteiger partial charge in [0.25, 0.3) is 5.91 Å². The summed E-state index contributed by atoms with van der Waals surface area (Å²) in [7, 11) is 0. The Hall–Kier alpha value is -4.54. The molecule has 1 saturated heterocycles. The van der Waals surface area contributed by atoms with Gasteiger partial charge in [0.05, 0.1) is 28.5 Å². The molecule has 0 saturated carbocycles. The number of nitrogens with zero attached hydrogens (tertiary/aromatic N) is 5. The van der Waals surface area contributed by atoms with Crippen LogP contribution in [0.3, 0.4) is 0 Å². The molecule has 4 aromatic rings. The number of alkyl halides is 3. The van der Waals surface area contributed by atoms with Gasteiger partial charge in [-0.2, -0.15) is 13.2 Å². The van der Waals surface area contributed by atoms with Crippen molar-refractivity contribution in [2.45, 2.75) is 32.0 Å². The third-order valence-corrected chi connectivity index (χ3v) is 6.52. The molecule has 11 heteroatoms. The number of likely N-dealkylation sites (tertiary alicyclic amines) is 1. The number of imidazole rings is 1. The summed E-state index contributed by atoms with van der Waals surface area (Å²) in [6.07, 6.45) is 2.87. The number of benzene rings is 1. The monoisotopic (exact) mass is 520 g/mol. The molecule has 1 unspecified atom stereocenters. The van der Waals surface area contributed by atoms with Crippen molar-refractivity contribution in [3.05, 3.63) is 90.3 Å². The molecule has 1 aliphatic rings. The van der Waals surface area contributed by atoms with Crippen LogP contribution in [0.2, 0.25) is 0 Å². The lowest BCUT2D eigenvalue weighted by Crippen LogP contribution is -2.29. The Morgan fingerprint density at radius 3 is 2.61 bits per heavy atom. The van der Waals surface area contributed by atoms with E-state index in [1.807, 2.05) is 17.5 Å².